The summed E-state index contributed by atoms with van der Waals surface area (Å²) in [5.41, 5.74) is 4.92. The number of carbonyl (C=O) groups excluding carboxylic acids is 1. The molecule has 0 aliphatic carbocycles. The molecule has 0 amide bonds. The van der Waals surface area contributed by atoms with Gasteiger partial charge in [-0.05, 0) is 80.6 Å². The number of aromatic nitrogens is 1. The fraction of sp³-hybridized carbons (Fsp3) is 0.387. The Morgan fingerprint density at radius 3 is 2.62 bits per heavy atom. The van der Waals surface area contributed by atoms with Crippen molar-refractivity contribution in [2.45, 2.75) is 52.5 Å². The lowest BCUT2D eigenvalue weighted by molar-refractivity contribution is -0.139. The Bertz CT molecular complexity index is 1650. The van der Waals surface area contributed by atoms with Gasteiger partial charge in [0.2, 0.25) is 0 Å². The minimum absolute atomic E-state index is 0.200. The molecule has 3 heterocycles. The number of esters is 1. The molecule has 1 saturated heterocycles. The van der Waals surface area contributed by atoms with E-state index < -0.39 is 12.0 Å². The molecule has 210 valence electrons. The highest BCUT2D eigenvalue weighted by molar-refractivity contribution is 9.10. The van der Waals surface area contributed by atoms with Crippen LogP contribution in [-0.2, 0) is 9.53 Å². The molecule has 7 nitrogen and oxygen atoms in total. The third-order valence-electron chi connectivity index (χ3n) is 7.34. The van der Waals surface area contributed by atoms with Crippen molar-refractivity contribution in [2.75, 3.05) is 31.7 Å². The molecule has 2 aliphatic rings. The number of hydrogen-bond acceptors (Lipinski definition) is 7. The molecule has 0 bridgehead atoms. The first-order valence-electron chi connectivity index (χ1n) is 13.8. The van der Waals surface area contributed by atoms with Gasteiger partial charge in [0.05, 0.1) is 29.5 Å². The van der Waals surface area contributed by atoms with E-state index in [2.05, 4.69) is 46.0 Å². The van der Waals surface area contributed by atoms with E-state index in [1.165, 1.54) is 35.4 Å². The van der Waals surface area contributed by atoms with Gasteiger partial charge < -0.3 is 14.4 Å². The molecular formula is C31H34BrN3O4S. The largest absolute Gasteiger partial charge is 0.496 e. The number of allylic oxidation sites excluding steroid dienone is 1. The van der Waals surface area contributed by atoms with Crippen LogP contribution in [0.15, 0.2) is 61.9 Å². The van der Waals surface area contributed by atoms with Gasteiger partial charge in [-0.15, -0.1) is 0 Å². The predicted molar refractivity (Wildman–Crippen MR) is 163 cm³/mol. The van der Waals surface area contributed by atoms with E-state index in [9.17, 15) is 9.59 Å². The predicted octanol–water partition coefficient (Wildman–Crippen LogP) is 5.26. The molecule has 0 saturated carbocycles. The molecule has 1 aromatic heterocycles. The van der Waals surface area contributed by atoms with Gasteiger partial charge >= 0.3 is 5.97 Å². The topological polar surface area (TPSA) is 73.1 Å². The van der Waals surface area contributed by atoms with E-state index >= 15 is 0 Å². The number of hydrogen-bond donors (Lipinski definition) is 0. The minimum atomic E-state index is -0.731. The van der Waals surface area contributed by atoms with Gasteiger partial charge in [-0.2, -0.15) is 0 Å². The monoisotopic (exact) mass is 623 g/mol. The Labute approximate surface area is 246 Å². The molecule has 2 aromatic carbocycles. The number of nitrogens with zero attached hydrogens (tertiary/aromatic N) is 3. The van der Waals surface area contributed by atoms with Gasteiger partial charge in [0.15, 0.2) is 4.80 Å². The summed E-state index contributed by atoms with van der Waals surface area (Å²) in [7, 11) is 1.59. The first kappa shape index (κ1) is 28.4. The van der Waals surface area contributed by atoms with Crippen LogP contribution in [0.25, 0.3) is 6.08 Å². The summed E-state index contributed by atoms with van der Waals surface area (Å²) in [5, 5.41) is 0. The number of fused-ring (bicyclic) bond motifs is 1. The number of benzene rings is 2. The van der Waals surface area contributed by atoms with Crippen molar-refractivity contribution in [1.29, 1.82) is 0 Å². The van der Waals surface area contributed by atoms with Crippen molar-refractivity contribution in [1.82, 2.24) is 4.57 Å². The number of methoxy groups -OCH3 is 1. The van der Waals surface area contributed by atoms with E-state index in [0.717, 1.165) is 29.5 Å². The highest BCUT2D eigenvalue weighted by Crippen LogP contribution is 2.38. The first-order chi connectivity index (χ1) is 19.4. The van der Waals surface area contributed by atoms with Crippen LogP contribution in [0, 0.1) is 6.92 Å². The van der Waals surface area contributed by atoms with Crippen LogP contribution in [0.3, 0.4) is 0 Å². The molecule has 0 radical (unpaired) electrons. The maximum atomic E-state index is 14.1. The van der Waals surface area contributed by atoms with Gasteiger partial charge in [-0.1, -0.05) is 46.7 Å². The second kappa shape index (κ2) is 12.1. The van der Waals surface area contributed by atoms with E-state index in [1.54, 1.807) is 18.6 Å². The van der Waals surface area contributed by atoms with Crippen LogP contribution < -0.4 is 24.5 Å². The number of anilines is 1. The van der Waals surface area contributed by atoms with Crippen LogP contribution in [0.1, 0.15) is 62.3 Å². The van der Waals surface area contributed by atoms with Crippen molar-refractivity contribution in [3.63, 3.8) is 0 Å². The maximum absolute atomic E-state index is 14.1. The van der Waals surface area contributed by atoms with E-state index in [-0.39, 0.29) is 12.2 Å². The second-order valence-electron chi connectivity index (χ2n) is 10.0. The molecule has 1 atom stereocenters. The van der Waals surface area contributed by atoms with Crippen LogP contribution in [0.2, 0.25) is 0 Å². The number of rotatable bonds is 8. The minimum Gasteiger partial charge on any atom is -0.496 e. The molecule has 0 N–H and O–H groups in total. The molecule has 0 spiro atoms. The summed E-state index contributed by atoms with van der Waals surface area (Å²) in [5.74, 6) is 0.111. The lowest BCUT2D eigenvalue weighted by atomic mass is 9.93. The first-order valence-corrected chi connectivity index (χ1v) is 15.4. The van der Waals surface area contributed by atoms with Crippen molar-refractivity contribution in [3.05, 3.63) is 88.5 Å². The van der Waals surface area contributed by atoms with Crippen molar-refractivity contribution >= 4 is 45.0 Å². The highest BCUT2D eigenvalue weighted by Gasteiger charge is 2.36. The van der Waals surface area contributed by atoms with Gasteiger partial charge in [-0.25, -0.2) is 9.79 Å². The van der Waals surface area contributed by atoms with Crippen LogP contribution in [0.5, 0.6) is 5.75 Å². The summed E-state index contributed by atoms with van der Waals surface area (Å²) in [6.45, 7) is 8.33. The molecule has 3 aromatic rings. The number of carbonyl (C=O) groups is 1. The smallest absolute Gasteiger partial charge is 0.338 e. The van der Waals surface area contributed by atoms with E-state index in [1.807, 2.05) is 31.2 Å². The standard InChI is InChI=1S/C31H34BrN3O4S/c1-5-9-23-27(30(37)39-6-2)28(22-18-21(32)11-13-25(22)38-4)35-29(36)26(40-31(35)33-23)17-20-10-12-24(19(3)16-20)34-14-7-8-15-34/h10-13,16-18,28H,5-9,14-15H2,1-4H3/b26-17-/t28-/m1/s1. The van der Waals surface area contributed by atoms with Gasteiger partial charge in [0, 0.05) is 28.8 Å². The zero-order valence-electron chi connectivity index (χ0n) is 23.3. The lowest BCUT2D eigenvalue weighted by Crippen LogP contribution is -2.40. The lowest BCUT2D eigenvalue weighted by Gasteiger charge is -2.27. The summed E-state index contributed by atoms with van der Waals surface area (Å²) >= 11 is 4.91. The van der Waals surface area contributed by atoms with Crippen molar-refractivity contribution < 1.29 is 14.3 Å². The van der Waals surface area contributed by atoms with Crippen molar-refractivity contribution in [3.8, 4) is 5.75 Å². The molecular weight excluding hydrogens is 590 g/mol. The van der Waals surface area contributed by atoms with Crippen LogP contribution in [0.4, 0.5) is 5.69 Å². The summed E-state index contributed by atoms with van der Waals surface area (Å²) < 4.78 is 14.2. The Kier molecular flexibility index (Phi) is 8.61. The van der Waals surface area contributed by atoms with Gasteiger partial charge in [-0.3, -0.25) is 9.36 Å². The third kappa shape index (κ3) is 5.41. The molecule has 1 fully saturated rings. The molecule has 40 heavy (non-hydrogen) atoms. The summed E-state index contributed by atoms with van der Waals surface area (Å²) in [6.07, 6.45) is 5.75. The van der Waals surface area contributed by atoms with Crippen LogP contribution in [-0.4, -0.2) is 37.3 Å². The average Bonchev–Trinajstić information content (AvgIpc) is 3.57. The fourth-order valence-corrected chi connectivity index (χ4v) is 6.97. The molecule has 5 rings (SSSR count). The van der Waals surface area contributed by atoms with E-state index in [0.29, 0.717) is 38.3 Å². The number of thiazole rings is 1. The highest BCUT2D eigenvalue weighted by atomic mass is 79.9. The van der Waals surface area contributed by atoms with Gasteiger partial charge in [0.25, 0.3) is 5.56 Å². The molecule has 2 aliphatic heterocycles. The van der Waals surface area contributed by atoms with Crippen LogP contribution >= 0.6 is 27.3 Å². The Morgan fingerprint density at radius 2 is 1.95 bits per heavy atom. The second-order valence-corrected chi connectivity index (χ2v) is 12.0. The maximum Gasteiger partial charge on any atom is 0.338 e. The Hall–Kier alpha value is -3.17. The fourth-order valence-electron chi connectivity index (χ4n) is 5.57. The zero-order chi connectivity index (χ0) is 28.4. The average molecular weight is 625 g/mol. The van der Waals surface area contributed by atoms with E-state index in [4.69, 9.17) is 14.5 Å². The summed E-state index contributed by atoms with van der Waals surface area (Å²) in [6, 6.07) is 11.2. The Morgan fingerprint density at radius 1 is 1.18 bits per heavy atom. The molecule has 9 heteroatoms. The third-order valence-corrected chi connectivity index (χ3v) is 8.82. The number of aryl methyl sites for hydroxylation is 1. The Balaban J connectivity index is 1.71. The normalized spacial score (nSPS) is 17.2. The number of ether oxygens (including phenoxy) is 2. The SMILES string of the molecule is CCCC1=C(C(=O)OCC)[C@@H](c2cc(Br)ccc2OC)n2c(s/c(=C\c3ccc(N4CCCC4)c(C)c3)c2=O)=N1. The molecule has 0 unspecified atom stereocenters. The zero-order valence-corrected chi connectivity index (χ0v) is 25.7. The quantitative estimate of drug-likeness (QED) is 0.320. The number of halogens is 1. The summed E-state index contributed by atoms with van der Waals surface area (Å²) in [4.78, 5) is 35.4. The van der Waals surface area contributed by atoms with Crippen molar-refractivity contribution in [2.24, 2.45) is 4.99 Å². The van der Waals surface area contributed by atoms with Gasteiger partial charge in [0.1, 0.15) is 11.8 Å².